The molecule has 3 rings (SSSR count). The number of hydrogen-bond donors (Lipinski definition) is 1. The monoisotopic (exact) mass is 463 g/mol. The largest absolute Gasteiger partial charge is 0.508 e. The van der Waals surface area contributed by atoms with Crippen molar-refractivity contribution in [3.05, 3.63) is 83.2 Å². The molecule has 5 nitrogen and oxygen atoms in total. The number of aromatic hydroxyl groups is 1. The zero-order valence-electron chi connectivity index (χ0n) is 18.0. The van der Waals surface area contributed by atoms with Crippen molar-refractivity contribution in [1.82, 2.24) is 5.06 Å². The van der Waals surface area contributed by atoms with Gasteiger partial charge >= 0.3 is 6.18 Å². The summed E-state index contributed by atoms with van der Waals surface area (Å²) >= 11 is 0. The number of aryl methyl sites for hydroxylation is 1. The van der Waals surface area contributed by atoms with Gasteiger partial charge in [0.25, 0.3) is 5.91 Å². The quantitative estimate of drug-likeness (QED) is 0.378. The van der Waals surface area contributed by atoms with Crippen molar-refractivity contribution < 1.29 is 37.0 Å². The fourth-order valence-corrected chi connectivity index (χ4v) is 3.12. The lowest BCUT2D eigenvalue weighted by Crippen LogP contribution is -2.34. The van der Waals surface area contributed by atoms with Crippen LogP contribution in [0.4, 0.5) is 17.6 Å². The topological polar surface area (TPSA) is 59.0 Å². The minimum absolute atomic E-state index is 0.0229. The van der Waals surface area contributed by atoms with Gasteiger partial charge in [-0.3, -0.25) is 9.63 Å². The average Bonchev–Trinajstić information content (AvgIpc) is 2.79. The van der Waals surface area contributed by atoms with Gasteiger partial charge in [-0.1, -0.05) is 18.2 Å². The normalized spacial score (nSPS) is 12.3. The van der Waals surface area contributed by atoms with Crippen LogP contribution in [0.25, 0.3) is 11.1 Å². The van der Waals surface area contributed by atoms with Crippen LogP contribution in [0, 0.1) is 12.7 Å². The Morgan fingerprint density at radius 2 is 1.64 bits per heavy atom. The van der Waals surface area contributed by atoms with E-state index in [1.54, 1.807) is 6.92 Å². The minimum atomic E-state index is -4.48. The number of ether oxygens (including phenoxy) is 1. The molecule has 0 bridgehead atoms. The zero-order valence-corrected chi connectivity index (χ0v) is 18.0. The van der Waals surface area contributed by atoms with Crippen molar-refractivity contribution in [2.45, 2.75) is 19.2 Å². The van der Waals surface area contributed by atoms with Crippen LogP contribution in [0.3, 0.4) is 0 Å². The third-order valence-electron chi connectivity index (χ3n) is 5.05. The number of hydrogen-bond acceptors (Lipinski definition) is 4. The zero-order chi connectivity index (χ0) is 24.3. The standard InChI is InChI=1S/C24H21F4NO4/c1-14-12-18(9-11-21(14)30)33-22(23(31)29(2)32-3)19-13-16(6-10-20(19)25)15-4-7-17(8-5-15)24(26,27)28/h4-13,22,30H,1-3H3. The molecular weight excluding hydrogens is 442 g/mol. The van der Waals surface area contributed by atoms with E-state index in [9.17, 15) is 27.5 Å². The summed E-state index contributed by atoms with van der Waals surface area (Å²) in [6, 6.07) is 12.5. The van der Waals surface area contributed by atoms with Gasteiger partial charge in [0.2, 0.25) is 6.10 Å². The molecule has 1 atom stereocenters. The molecule has 0 aromatic heterocycles. The van der Waals surface area contributed by atoms with Gasteiger partial charge in [-0.25, -0.2) is 9.45 Å². The van der Waals surface area contributed by atoms with E-state index in [0.717, 1.165) is 23.3 Å². The predicted molar refractivity (Wildman–Crippen MR) is 113 cm³/mol. The Morgan fingerprint density at radius 1 is 1.00 bits per heavy atom. The highest BCUT2D eigenvalue weighted by Gasteiger charge is 2.31. The lowest BCUT2D eigenvalue weighted by atomic mass is 9.98. The van der Waals surface area contributed by atoms with Crippen molar-refractivity contribution in [2.24, 2.45) is 0 Å². The molecule has 9 heteroatoms. The first-order chi connectivity index (χ1) is 15.5. The number of likely N-dealkylation sites (N-methyl/N-ethyl adjacent to an activating group) is 1. The summed E-state index contributed by atoms with van der Waals surface area (Å²) in [4.78, 5) is 17.9. The van der Waals surface area contributed by atoms with Crippen LogP contribution >= 0.6 is 0 Å². The highest BCUT2D eigenvalue weighted by molar-refractivity contribution is 5.82. The Labute approximate surface area is 187 Å². The number of carbonyl (C=O) groups is 1. The summed E-state index contributed by atoms with van der Waals surface area (Å²) in [5.74, 6) is -1.24. The second-order valence-electron chi connectivity index (χ2n) is 7.28. The summed E-state index contributed by atoms with van der Waals surface area (Å²) in [6.45, 7) is 1.63. The molecular formula is C24H21F4NO4. The van der Waals surface area contributed by atoms with Gasteiger partial charge in [0, 0.05) is 12.6 Å². The summed E-state index contributed by atoms with van der Waals surface area (Å²) in [5, 5.41) is 10.6. The fourth-order valence-electron chi connectivity index (χ4n) is 3.12. The van der Waals surface area contributed by atoms with Gasteiger partial charge in [-0.05, 0) is 66.1 Å². The van der Waals surface area contributed by atoms with Crippen LogP contribution < -0.4 is 4.74 Å². The highest BCUT2D eigenvalue weighted by Crippen LogP contribution is 2.34. The molecule has 0 saturated heterocycles. The number of benzene rings is 3. The first-order valence-electron chi connectivity index (χ1n) is 9.76. The van der Waals surface area contributed by atoms with Crippen molar-refractivity contribution >= 4 is 5.91 Å². The molecule has 1 unspecified atom stereocenters. The molecule has 3 aromatic carbocycles. The molecule has 0 spiro atoms. The average molecular weight is 463 g/mol. The molecule has 0 radical (unpaired) electrons. The molecule has 1 N–H and O–H groups in total. The molecule has 0 aliphatic carbocycles. The number of amides is 1. The second-order valence-corrected chi connectivity index (χ2v) is 7.28. The van der Waals surface area contributed by atoms with Gasteiger partial charge < -0.3 is 9.84 Å². The highest BCUT2D eigenvalue weighted by atomic mass is 19.4. The van der Waals surface area contributed by atoms with E-state index >= 15 is 0 Å². The molecule has 0 heterocycles. The Kier molecular flexibility index (Phi) is 6.92. The molecule has 33 heavy (non-hydrogen) atoms. The molecule has 1 amide bonds. The van der Waals surface area contributed by atoms with Crippen molar-refractivity contribution in [1.29, 1.82) is 0 Å². The first-order valence-corrected chi connectivity index (χ1v) is 9.76. The number of hydroxylamine groups is 2. The lowest BCUT2D eigenvalue weighted by molar-refractivity contribution is -0.177. The summed E-state index contributed by atoms with van der Waals surface area (Å²) < 4.78 is 59.2. The van der Waals surface area contributed by atoms with Crippen LogP contribution in [-0.2, 0) is 15.8 Å². The number of alkyl halides is 3. The maximum Gasteiger partial charge on any atom is 0.416 e. The van der Waals surface area contributed by atoms with Crippen LogP contribution in [-0.4, -0.2) is 30.2 Å². The Morgan fingerprint density at radius 3 is 2.21 bits per heavy atom. The summed E-state index contributed by atoms with van der Waals surface area (Å²) in [7, 11) is 2.59. The summed E-state index contributed by atoms with van der Waals surface area (Å²) in [6.07, 6.45) is -5.95. The number of phenols is 1. The van der Waals surface area contributed by atoms with Crippen LogP contribution in [0.15, 0.2) is 60.7 Å². The smallest absolute Gasteiger partial charge is 0.416 e. The van der Waals surface area contributed by atoms with Crippen molar-refractivity contribution in [3.63, 3.8) is 0 Å². The number of phenolic OH excluding ortho intramolecular Hbond substituents is 1. The van der Waals surface area contributed by atoms with Crippen molar-refractivity contribution in [2.75, 3.05) is 14.2 Å². The first kappa shape index (κ1) is 24.1. The van der Waals surface area contributed by atoms with Gasteiger partial charge in [0.05, 0.1) is 12.7 Å². The Hall–Kier alpha value is -3.59. The molecule has 0 aliphatic rings. The maximum atomic E-state index is 14.8. The van der Waals surface area contributed by atoms with Gasteiger partial charge in [0.15, 0.2) is 0 Å². The third kappa shape index (κ3) is 5.43. The number of rotatable bonds is 6. The van der Waals surface area contributed by atoms with Crippen LogP contribution in [0.5, 0.6) is 11.5 Å². The van der Waals surface area contributed by atoms with E-state index in [4.69, 9.17) is 9.57 Å². The van der Waals surface area contributed by atoms with Crippen LogP contribution in [0.2, 0.25) is 0 Å². The van der Waals surface area contributed by atoms with Gasteiger partial charge in [-0.15, -0.1) is 0 Å². The van der Waals surface area contributed by atoms with E-state index in [1.807, 2.05) is 0 Å². The van der Waals surface area contributed by atoms with E-state index in [2.05, 4.69) is 0 Å². The third-order valence-corrected chi connectivity index (χ3v) is 5.05. The molecule has 0 fully saturated rings. The van der Waals surface area contributed by atoms with E-state index in [-0.39, 0.29) is 17.1 Å². The fraction of sp³-hybridized carbons (Fsp3) is 0.208. The number of carbonyl (C=O) groups excluding carboxylic acids is 1. The number of halogens is 4. The molecule has 3 aromatic rings. The summed E-state index contributed by atoms with van der Waals surface area (Å²) in [5.41, 5.74) is 0.332. The minimum Gasteiger partial charge on any atom is -0.508 e. The number of nitrogens with zero attached hydrogens (tertiary/aromatic N) is 1. The lowest BCUT2D eigenvalue weighted by Gasteiger charge is -2.24. The SMILES string of the molecule is CON(C)C(=O)C(Oc1ccc(O)c(C)c1)c1cc(-c2ccc(C(F)(F)F)cc2)ccc1F. The van der Waals surface area contributed by atoms with E-state index in [0.29, 0.717) is 16.7 Å². The maximum absolute atomic E-state index is 14.8. The molecule has 0 aliphatic heterocycles. The second kappa shape index (κ2) is 9.50. The van der Waals surface area contributed by atoms with E-state index < -0.39 is 29.6 Å². The molecule has 0 saturated carbocycles. The predicted octanol–water partition coefficient (Wildman–Crippen LogP) is 5.67. The van der Waals surface area contributed by atoms with Crippen molar-refractivity contribution in [3.8, 4) is 22.6 Å². The van der Waals surface area contributed by atoms with E-state index in [1.165, 1.54) is 56.6 Å². The molecule has 174 valence electrons. The van der Waals surface area contributed by atoms with Gasteiger partial charge in [0.1, 0.15) is 17.3 Å². The van der Waals surface area contributed by atoms with Crippen LogP contribution in [0.1, 0.15) is 22.8 Å². The Balaban J connectivity index is 2.04. The Bertz CT molecular complexity index is 1150. The van der Waals surface area contributed by atoms with Gasteiger partial charge in [-0.2, -0.15) is 13.2 Å².